The van der Waals surface area contributed by atoms with Gasteiger partial charge in [0.2, 0.25) is 0 Å². The summed E-state index contributed by atoms with van der Waals surface area (Å²) in [5.41, 5.74) is 1.10. The first-order valence-electron chi connectivity index (χ1n) is 8.36. The Kier molecular flexibility index (Phi) is 6.45. The number of nitrogens with zero attached hydrogens (tertiary/aromatic N) is 1. The molecule has 132 valence electrons. The van der Waals surface area contributed by atoms with E-state index in [1.54, 1.807) is 12.5 Å². The lowest BCUT2D eigenvalue weighted by Crippen LogP contribution is -2.34. The van der Waals surface area contributed by atoms with Crippen molar-refractivity contribution in [2.24, 2.45) is 0 Å². The molecule has 0 aliphatic rings. The van der Waals surface area contributed by atoms with Crippen LogP contribution in [0.1, 0.15) is 17.1 Å². The summed E-state index contributed by atoms with van der Waals surface area (Å²) in [5, 5.41) is 10.3. The molecule has 25 heavy (non-hydrogen) atoms. The zero-order chi connectivity index (χ0) is 17.3. The fourth-order valence-electron chi connectivity index (χ4n) is 2.67. The van der Waals surface area contributed by atoms with Gasteiger partial charge in [-0.15, -0.1) is 0 Å². The topological polar surface area (TPSA) is 59.0 Å². The first-order valence-corrected chi connectivity index (χ1v) is 8.36. The van der Waals surface area contributed by atoms with E-state index in [0.717, 1.165) is 17.1 Å². The second-order valence-electron chi connectivity index (χ2n) is 5.98. The van der Waals surface area contributed by atoms with Crippen molar-refractivity contribution in [3.63, 3.8) is 0 Å². The van der Waals surface area contributed by atoms with Gasteiger partial charge in [0.25, 0.3) is 0 Å². The van der Waals surface area contributed by atoms with E-state index in [-0.39, 0.29) is 6.61 Å². The van der Waals surface area contributed by atoms with Crippen LogP contribution in [-0.4, -0.2) is 29.3 Å². The van der Waals surface area contributed by atoms with Crippen molar-refractivity contribution >= 4 is 0 Å². The van der Waals surface area contributed by atoms with E-state index in [0.29, 0.717) is 26.2 Å². The zero-order valence-corrected chi connectivity index (χ0v) is 14.1. The molecule has 0 saturated heterocycles. The van der Waals surface area contributed by atoms with E-state index < -0.39 is 6.10 Å². The maximum Gasteiger partial charge on any atom is 0.117 e. The second-order valence-corrected chi connectivity index (χ2v) is 5.98. The van der Waals surface area contributed by atoms with Gasteiger partial charge in [-0.3, -0.25) is 4.90 Å². The lowest BCUT2D eigenvalue weighted by molar-refractivity contribution is 0.00510. The number of rotatable bonds is 10. The van der Waals surface area contributed by atoms with E-state index in [1.165, 1.54) is 0 Å². The third-order valence-corrected chi connectivity index (χ3v) is 3.81. The number of hydrogen-bond acceptors (Lipinski definition) is 5. The van der Waals surface area contributed by atoms with Crippen molar-refractivity contribution < 1.29 is 18.7 Å². The van der Waals surface area contributed by atoms with Crippen LogP contribution in [0.25, 0.3) is 0 Å². The van der Waals surface area contributed by atoms with Crippen LogP contribution >= 0.6 is 0 Å². The van der Waals surface area contributed by atoms with Crippen molar-refractivity contribution in [2.45, 2.75) is 25.8 Å². The Labute approximate surface area is 147 Å². The first kappa shape index (κ1) is 17.5. The molecule has 1 N–H and O–H groups in total. The Morgan fingerprint density at radius 1 is 0.880 bits per heavy atom. The van der Waals surface area contributed by atoms with Gasteiger partial charge in [0, 0.05) is 6.54 Å². The molecular formula is C20H23NO4. The first-order chi connectivity index (χ1) is 12.3. The van der Waals surface area contributed by atoms with Crippen LogP contribution in [0.2, 0.25) is 0 Å². The normalized spacial score (nSPS) is 12.6. The van der Waals surface area contributed by atoms with Crippen molar-refractivity contribution in [3.8, 4) is 0 Å². The smallest absolute Gasteiger partial charge is 0.117 e. The summed E-state index contributed by atoms with van der Waals surface area (Å²) in [5.74, 6) is 1.70. The van der Waals surface area contributed by atoms with Crippen molar-refractivity contribution in [1.82, 2.24) is 4.90 Å². The quantitative estimate of drug-likeness (QED) is 0.612. The largest absolute Gasteiger partial charge is 0.468 e. The van der Waals surface area contributed by atoms with Crippen LogP contribution in [0, 0.1) is 0 Å². The molecule has 1 aromatic carbocycles. The molecule has 0 aliphatic carbocycles. The average Bonchev–Trinajstić information content (AvgIpc) is 3.30. The van der Waals surface area contributed by atoms with Gasteiger partial charge in [-0.1, -0.05) is 30.3 Å². The molecule has 1 atom stereocenters. The van der Waals surface area contributed by atoms with Crippen LogP contribution in [0.15, 0.2) is 76.0 Å². The lowest BCUT2D eigenvalue weighted by atomic mass is 10.2. The highest BCUT2D eigenvalue weighted by atomic mass is 16.5. The van der Waals surface area contributed by atoms with Gasteiger partial charge in [-0.05, 0) is 29.8 Å². The fraction of sp³-hybridized carbons (Fsp3) is 0.300. The molecule has 0 bridgehead atoms. The summed E-state index contributed by atoms with van der Waals surface area (Å²) < 4.78 is 16.5. The van der Waals surface area contributed by atoms with E-state index >= 15 is 0 Å². The summed E-state index contributed by atoms with van der Waals surface area (Å²) in [6.45, 7) is 2.44. The van der Waals surface area contributed by atoms with E-state index in [2.05, 4.69) is 4.90 Å². The average molecular weight is 341 g/mol. The van der Waals surface area contributed by atoms with Gasteiger partial charge in [-0.2, -0.15) is 0 Å². The minimum Gasteiger partial charge on any atom is -0.468 e. The zero-order valence-electron chi connectivity index (χ0n) is 14.1. The molecule has 3 aromatic rings. The Hall–Kier alpha value is -2.34. The Morgan fingerprint density at radius 2 is 1.52 bits per heavy atom. The molecule has 5 nitrogen and oxygen atoms in total. The fourth-order valence-corrected chi connectivity index (χ4v) is 2.67. The summed E-state index contributed by atoms with van der Waals surface area (Å²) in [7, 11) is 0. The minimum absolute atomic E-state index is 0.279. The van der Waals surface area contributed by atoms with Crippen LogP contribution < -0.4 is 0 Å². The number of aliphatic hydroxyl groups excluding tert-OH is 1. The predicted molar refractivity (Wildman–Crippen MR) is 93.6 cm³/mol. The molecule has 2 heterocycles. The van der Waals surface area contributed by atoms with E-state index in [1.807, 2.05) is 54.6 Å². The molecule has 3 rings (SSSR count). The maximum atomic E-state index is 10.3. The molecule has 0 fully saturated rings. The lowest BCUT2D eigenvalue weighted by Gasteiger charge is -2.23. The number of benzene rings is 1. The van der Waals surface area contributed by atoms with Crippen LogP contribution in [0.4, 0.5) is 0 Å². The van der Waals surface area contributed by atoms with Crippen molar-refractivity contribution in [3.05, 3.63) is 84.2 Å². The van der Waals surface area contributed by atoms with Gasteiger partial charge < -0.3 is 18.7 Å². The van der Waals surface area contributed by atoms with Crippen molar-refractivity contribution in [1.29, 1.82) is 0 Å². The second kappa shape index (κ2) is 9.22. The SMILES string of the molecule is OC(COCc1ccccc1)CN(Cc1ccco1)Cc1ccco1. The molecule has 5 heteroatoms. The Balaban J connectivity index is 1.49. The number of hydrogen-bond donors (Lipinski definition) is 1. The van der Waals surface area contributed by atoms with Crippen LogP contribution in [0.3, 0.4) is 0 Å². The van der Waals surface area contributed by atoms with Crippen LogP contribution in [0.5, 0.6) is 0 Å². The van der Waals surface area contributed by atoms with E-state index in [9.17, 15) is 5.11 Å². The highest BCUT2D eigenvalue weighted by molar-refractivity contribution is 5.13. The number of aliphatic hydroxyl groups is 1. The van der Waals surface area contributed by atoms with Crippen molar-refractivity contribution in [2.75, 3.05) is 13.2 Å². The molecule has 2 aromatic heterocycles. The summed E-state index contributed by atoms with van der Waals surface area (Å²) in [6, 6.07) is 17.5. The number of furan rings is 2. The van der Waals surface area contributed by atoms with Gasteiger partial charge in [-0.25, -0.2) is 0 Å². The summed E-state index contributed by atoms with van der Waals surface area (Å²) >= 11 is 0. The summed E-state index contributed by atoms with van der Waals surface area (Å²) in [4.78, 5) is 2.08. The van der Waals surface area contributed by atoms with E-state index in [4.69, 9.17) is 13.6 Å². The van der Waals surface area contributed by atoms with Gasteiger partial charge in [0.1, 0.15) is 11.5 Å². The molecule has 0 saturated carbocycles. The minimum atomic E-state index is -0.589. The molecular weight excluding hydrogens is 318 g/mol. The molecule has 0 amide bonds. The molecule has 0 aliphatic heterocycles. The molecule has 0 radical (unpaired) electrons. The Morgan fingerprint density at radius 3 is 2.08 bits per heavy atom. The van der Waals surface area contributed by atoms with Gasteiger partial charge in [0.15, 0.2) is 0 Å². The molecule has 0 spiro atoms. The third kappa shape index (κ3) is 5.90. The summed E-state index contributed by atoms with van der Waals surface area (Å²) in [6.07, 6.45) is 2.72. The Bertz CT molecular complexity index is 658. The van der Waals surface area contributed by atoms with Crippen LogP contribution in [-0.2, 0) is 24.4 Å². The number of ether oxygens (including phenoxy) is 1. The standard InChI is InChI=1S/C20H23NO4/c22-18(16-23-15-17-6-2-1-3-7-17)12-21(13-19-8-4-10-24-19)14-20-9-5-11-25-20/h1-11,18,22H,12-16H2. The van der Waals surface area contributed by atoms with Gasteiger partial charge in [0.05, 0.1) is 44.9 Å². The maximum absolute atomic E-state index is 10.3. The monoisotopic (exact) mass is 341 g/mol. The third-order valence-electron chi connectivity index (χ3n) is 3.81. The van der Waals surface area contributed by atoms with Gasteiger partial charge >= 0.3 is 0 Å². The molecule has 1 unspecified atom stereocenters. The highest BCUT2D eigenvalue weighted by Gasteiger charge is 2.15. The highest BCUT2D eigenvalue weighted by Crippen LogP contribution is 2.12. The predicted octanol–water partition coefficient (Wildman–Crippen LogP) is 3.45.